The Morgan fingerprint density at radius 1 is 1.07 bits per heavy atom. The molecule has 0 saturated carbocycles. The van der Waals surface area contributed by atoms with Gasteiger partial charge in [-0.05, 0) is 42.7 Å². The van der Waals surface area contributed by atoms with Crippen molar-refractivity contribution in [1.29, 1.82) is 0 Å². The fraction of sp³-hybridized carbons (Fsp3) is 0.350. The molecule has 0 aromatic heterocycles. The van der Waals surface area contributed by atoms with Crippen molar-refractivity contribution in [2.45, 2.75) is 12.8 Å². The van der Waals surface area contributed by atoms with Gasteiger partial charge in [0.2, 0.25) is 15.9 Å². The molecule has 0 saturated heterocycles. The highest BCUT2D eigenvalue weighted by atomic mass is 32.2. The zero-order chi connectivity index (χ0) is 21.4. The number of ether oxygens (including phenoxy) is 2. The Hall–Kier alpha value is -2.81. The summed E-state index contributed by atoms with van der Waals surface area (Å²) in [7, 11) is -0.773. The van der Waals surface area contributed by atoms with E-state index in [0.717, 1.165) is 16.1 Å². The van der Waals surface area contributed by atoms with Crippen LogP contribution in [0.4, 0.5) is 10.1 Å². The van der Waals surface area contributed by atoms with Crippen molar-refractivity contribution in [2.75, 3.05) is 37.9 Å². The van der Waals surface area contributed by atoms with Crippen LogP contribution in [0.25, 0.3) is 0 Å². The van der Waals surface area contributed by atoms with E-state index in [1.165, 1.54) is 32.4 Å². The molecule has 0 unspecified atom stereocenters. The molecule has 2 aromatic carbocycles. The summed E-state index contributed by atoms with van der Waals surface area (Å²) in [6.45, 7) is 0.0185. The number of carbonyl (C=O) groups excluding carboxylic acids is 1. The van der Waals surface area contributed by atoms with Crippen LogP contribution in [0.15, 0.2) is 42.5 Å². The molecule has 0 radical (unpaired) electrons. The average molecular weight is 424 g/mol. The van der Waals surface area contributed by atoms with Crippen molar-refractivity contribution < 1.29 is 27.1 Å². The maximum absolute atomic E-state index is 12.9. The molecule has 1 amide bonds. The lowest BCUT2D eigenvalue weighted by Crippen LogP contribution is -2.40. The predicted molar refractivity (Wildman–Crippen MR) is 109 cm³/mol. The van der Waals surface area contributed by atoms with E-state index in [2.05, 4.69) is 5.32 Å². The molecule has 0 bridgehead atoms. The van der Waals surface area contributed by atoms with E-state index in [4.69, 9.17) is 9.47 Å². The monoisotopic (exact) mass is 424 g/mol. The Morgan fingerprint density at radius 2 is 1.72 bits per heavy atom. The molecular weight excluding hydrogens is 399 g/mol. The van der Waals surface area contributed by atoms with Crippen LogP contribution >= 0.6 is 0 Å². The van der Waals surface area contributed by atoms with Crippen LogP contribution in [0.5, 0.6) is 11.5 Å². The summed E-state index contributed by atoms with van der Waals surface area (Å²) in [5.41, 5.74) is 1.26. The average Bonchev–Trinajstić information content (AvgIpc) is 2.69. The second-order valence-electron chi connectivity index (χ2n) is 6.39. The Morgan fingerprint density at radius 3 is 2.31 bits per heavy atom. The minimum Gasteiger partial charge on any atom is -0.493 e. The molecule has 2 aromatic rings. The van der Waals surface area contributed by atoms with E-state index in [9.17, 15) is 17.6 Å². The molecule has 0 aliphatic rings. The first-order valence-corrected chi connectivity index (χ1v) is 10.8. The molecule has 0 heterocycles. The number of sulfonamides is 1. The predicted octanol–water partition coefficient (Wildman–Crippen LogP) is 2.36. The summed E-state index contributed by atoms with van der Waals surface area (Å²) in [4.78, 5) is 12.3. The van der Waals surface area contributed by atoms with Gasteiger partial charge >= 0.3 is 0 Å². The van der Waals surface area contributed by atoms with Crippen molar-refractivity contribution in [1.82, 2.24) is 5.32 Å². The third-order valence-electron chi connectivity index (χ3n) is 4.22. The molecule has 0 atom stereocenters. The maximum atomic E-state index is 12.9. The fourth-order valence-electron chi connectivity index (χ4n) is 2.74. The summed E-state index contributed by atoms with van der Waals surface area (Å²) in [5.74, 6) is 0.0932. The van der Waals surface area contributed by atoms with Crippen LogP contribution in [0.1, 0.15) is 12.0 Å². The molecule has 0 aliphatic carbocycles. The lowest BCUT2D eigenvalue weighted by Gasteiger charge is -2.23. The smallest absolute Gasteiger partial charge is 0.240 e. The SMILES string of the molecule is COc1ccc(N(CC(=O)NCCCc2ccc(F)cc2)S(C)(=O)=O)cc1OC. The molecule has 158 valence electrons. The van der Waals surface area contributed by atoms with Gasteiger partial charge in [0.1, 0.15) is 12.4 Å². The first-order valence-electron chi connectivity index (χ1n) is 8.95. The summed E-state index contributed by atoms with van der Waals surface area (Å²) in [5, 5.41) is 2.71. The Bertz CT molecular complexity index is 932. The van der Waals surface area contributed by atoms with Crippen molar-refractivity contribution in [3.05, 3.63) is 53.8 Å². The topological polar surface area (TPSA) is 84.9 Å². The lowest BCUT2D eigenvalue weighted by atomic mass is 10.1. The number of amides is 1. The van der Waals surface area contributed by atoms with E-state index in [1.807, 2.05) is 0 Å². The number of anilines is 1. The number of methoxy groups -OCH3 is 2. The first kappa shape index (κ1) is 22.5. The number of hydrogen-bond donors (Lipinski definition) is 1. The van der Waals surface area contributed by atoms with Crippen molar-refractivity contribution in [3.8, 4) is 11.5 Å². The van der Waals surface area contributed by atoms with Gasteiger partial charge in [-0.3, -0.25) is 9.10 Å². The highest BCUT2D eigenvalue weighted by molar-refractivity contribution is 7.92. The largest absolute Gasteiger partial charge is 0.493 e. The van der Waals surface area contributed by atoms with E-state index in [1.54, 1.807) is 24.3 Å². The summed E-state index contributed by atoms with van der Waals surface area (Å²) < 4.78 is 48.7. The standard InChI is InChI=1S/C20H25FN2O5S/c1-27-18-11-10-17(13-19(18)28-2)23(29(3,25)26)14-20(24)22-12-4-5-15-6-8-16(21)9-7-15/h6-11,13H,4-5,12,14H2,1-3H3,(H,22,24). The number of rotatable bonds is 10. The molecular formula is C20H25FN2O5S. The number of halogens is 1. The van der Waals surface area contributed by atoms with Crippen molar-refractivity contribution >= 4 is 21.6 Å². The third kappa shape index (κ3) is 6.63. The second-order valence-corrected chi connectivity index (χ2v) is 8.30. The van der Waals surface area contributed by atoms with Crippen LogP contribution < -0.4 is 19.1 Å². The number of benzene rings is 2. The van der Waals surface area contributed by atoms with Crippen LogP contribution in [0.2, 0.25) is 0 Å². The Labute approximate surface area is 170 Å². The third-order valence-corrected chi connectivity index (χ3v) is 5.36. The number of hydrogen-bond acceptors (Lipinski definition) is 5. The van der Waals surface area contributed by atoms with E-state index < -0.39 is 15.9 Å². The highest BCUT2D eigenvalue weighted by Gasteiger charge is 2.22. The van der Waals surface area contributed by atoms with Gasteiger partial charge in [-0.1, -0.05) is 12.1 Å². The van der Waals surface area contributed by atoms with Crippen LogP contribution in [-0.4, -0.2) is 47.9 Å². The molecule has 0 spiro atoms. The molecule has 7 nitrogen and oxygen atoms in total. The van der Waals surface area contributed by atoms with Gasteiger partial charge in [0.25, 0.3) is 0 Å². The van der Waals surface area contributed by atoms with Gasteiger partial charge in [-0.15, -0.1) is 0 Å². The molecule has 0 fully saturated rings. The van der Waals surface area contributed by atoms with Crippen LogP contribution in [0, 0.1) is 5.82 Å². The molecule has 1 N–H and O–H groups in total. The number of nitrogens with one attached hydrogen (secondary N) is 1. The van der Waals surface area contributed by atoms with E-state index in [0.29, 0.717) is 36.6 Å². The van der Waals surface area contributed by atoms with Gasteiger partial charge in [-0.25, -0.2) is 12.8 Å². The van der Waals surface area contributed by atoms with Crippen molar-refractivity contribution in [3.63, 3.8) is 0 Å². The summed E-state index contributed by atoms with van der Waals surface area (Å²) >= 11 is 0. The molecule has 29 heavy (non-hydrogen) atoms. The number of nitrogens with zero attached hydrogens (tertiary/aromatic N) is 1. The highest BCUT2D eigenvalue weighted by Crippen LogP contribution is 2.32. The lowest BCUT2D eigenvalue weighted by molar-refractivity contribution is -0.119. The Balaban J connectivity index is 1.97. The number of aryl methyl sites for hydroxylation is 1. The van der Waals surface area contributed by atoms with E-state index >= 15 is 0 Å². The summed E-state index contributed by atoms with van der Waals surface area (Å²) in [6, 6.07) is 10.8. The van der Waals surface area contributed by atoms with Gasteiger partial charge in [0.05, 0.1) is 26.2 Å². The molecule has 9 heteroatoms. The fourth-order valence-corrected chi connectivity index (χ4v) is 3.59. The zero-order valence-electron chi connectivity index (χ0n) is 16.6. The zero-order valence-corrected chi connectivity index (χ0v) is 17.5. The van der Waals surface area contributed by atoms with Crippen LogP contribution in [0.3, 0.4) is 0 Å². The normalized spacial score (nSPS) is 11.0. The minimum atomic E-state index is -3.69. The minimum absolute atomic E-state index is 0.293. The van der Waals surface area contributed by atoms with Gasteiger partial charge in [-0.2, -0.15) is 0 Å². The molecule has 2 rings (SSSR count). The quantitative estimate of drug-likeness (QED) is 0.592. The van der Waals surface area contributed by atoms with Gasteiger partial charge in [0, 0.05) is 12.6 Å². The van der Waals surface area contributed by atoms with Crippen molar-refractivity contribution in [2.24, 2.45) is 0 Å². The molecule has 0 aliphatic heterocycles. The van der Waals surface area contributed by atoms with E-state index in [-0.39, 0.29) is 12.4 Å². The maximum Gasteiger partial charge on any atom is 0.240 e. The first-order chi connectivity index (χ1) is 13.7. The number of carbonyl (C=O) groups is 1. The van der Waals surface area contributed by atoms with Gasteiger partial charge in [0.15, 0.2) is 11.5 Å². The summed E-state index contributed by atoms with van der Waals surface area (Å²) in [6.07, 6.45) is 2.35. The second kappa shape index (κ2) is 10.1. The van der Waals surface area contributed by atoms with Crippen LogP contribution in [-0.2, 0) is 21.2 Å². The van der Waals surface area contributed by atoms with Gasteiger partial charge < -0.3 is 14.8 Å². The Kier molecular flexibility index (Phi) is 7.83.